The summed E-state index contributed by atoms with van der Waals surface area (Å²) in [7, 11) is 0. The predicted molar refractivity (Wildman–Crippen MR) is 72.3 cm³/mol. The molecule has 0 atom stereocenters. The third kappa shape index (κ3) is 1.61. The van der Waals surface area contributed by atoms with Crippen LogP contribution in [0.15, 0.2) is 30.0 Å². The Balaban J connectivity index is 2.26. The third-order valence-electron chi connectivity index (χ3n) is 2.30. The summed E-state index contributed by atoms with van der Waals surface area (Å²) in [6.45, 7) is 0. The second-order valence-electron chi connectivity index (χ2n) is 3.35. The highest BCUT2D eigenvalue weighted by Crippen LogP contribution is 2.40. The van der Waals surface area contributed by atoms with Crippen molar-refractivity contribution in [2.45, 2.75) is 0 Å². The van der Waals surface area contributed by atoms with E-state index < -0.39 is 11.0 Å². The van der Waals surface area contributed by atoms with Crippen molar-refractivity contribution in [2.24, 2.45) is 0 Å². The minimum Gasteiger partial charge on any atom is -0.281 e. The Bertz CT molecular complexity index is 773. The molecule has 0 unspecified atom stereocenters. The maximum Gasteiger partial charge on any atom is 0.320 e. The summed E-state index contributed by atoms with van der Waals surface area (Å²) in [6.07, 6.45) is 0. The molecular formula is C10H2Br2N2O2S. The molecule has 4 nitrogen and oxygen atoms in total. The quantitative estimate of drug-likeness (QED) is 0.614. The van der Waals surface area contributed by atoms with Crippen LogP contribution in [0, 0.1) is 0 Å². The van der Waals surface area contributed by atoms with Crippen LogP contribution in [0.4, 0.5) is 0 Å². The smallest absolute Gasteiger partial charge is 0.281 e. The second-order valence-corrected chi connectivity index (χ2v) is 5.88. The molecule has 0 bridgehead atoms. The molecule has 0 amide bonds. The van der Waals surface area contributed by atoms with Gasteiger partial charge in [-0.1, -0.05) is 0 Å². The minimum atomic E-state index is -0.736. The van der Waals surface area contributed by atoms with Gasteiger partial charge in [-0.2, -0.15) is 0 Å². The Morgan fingerprint density at radius 3 is 2.47 bits per heavy atom. The van der Waals surface area contributed by atoms with Crippen molar-refractivity contribution >= 4 is 43.2 Å². The van der Waals surface area contributed by atoms with E-state index in [1.807, 2.05) is 5.38 Å². The van der Waals surface area contributed by atoms with Crippen LogP contribution in [-0.4, -0.2) is 9.97 Å². The molecule has 0 saturated carbocycles. The number of thiophene rings is 1. The Kier molecular flexibility index (Phi) is 2.49. The van der Waals surface area contributed by atoms with Crippen molar-refractivity contribution in [3.05, 3.63) is 41.0 Å². The summed E-state index contributed by atoms with van der Waals surface area (Å²) in [5.41, 5.74) is -0.187. The lowest BCUT2D eigenvalue weighted by Crippen LogP contribution is -2.19. The lowest BCUT2D eigenvalue weighted by molar-refractivity contribution is 1.30. The summed E-state index contributed by atoms with van der Waals surface area (Å²) >= 11 is 8.30. The predicted octanol–water partition coefficient (Wildman–Crippen LogP) is 2.43. The van der Waals surface area contributed by atoms with Gasteiger partial charge in [0.15, 0.2) is 0 Å². The molecule has 1 aromatic heterocycles. The lowest BCUT2D eigenvalue weighted by atomic mass is 10.3. The van der Waals surface area contributed by atoms with Gasteiger partial charge in [-0.15, -0.1) is 11.3 Å². The summed E-state index contributed by atoms with van der Waals surface area (Å²) in [4.78, 5) is 31.2. The van der Waals surface area contributed by atoms with Gasteiger partial charge in [0.25, 0.3) is 5.43 Å². The second kappa shape index (κ2) is 3.79. The molecule has 0 radical (unpaired) electrons. The molecule has 84 valence electrons. The molecule has 2 aliphatic heterocycles. The Morgan fingerprint density at radius 1 is 1.12 bits per heavy atom. The van der Waals surface area contributed by atoms with E-state index >= 15 is 0 Å². The highest BCUT2D eigenvalue weighted by atomic mass is 79.9. The highest BCUT2D eigenvalue weighted by molar-refractivity contribution is 9.13. The van der Waals surface area contributed by atoms with E-state index in [0.717, 1.165) is 13.8 Å². The topological polar surface area (TPSA) is 59.9 Å². The summed E-state index contributed by atoms with van der Waals surface area (Å²) in [5.74, 6) is 0. The van der Waals surface area contributed by atoms with Gasteiger partial charge in [0.05, 0.1) is 20.7 Å². The van der Waals surface area contributed by atoms with E-state index in [0.29, 0.717) is 11.4 Å². The zero-order chi connectivity index (χ0) is 12.2. The maximum atomic E-state index is 11.4. The zero-order valence-corrected chi connectivity index (χ0v) is 12.0. The first kappa shape index (κ1) is 11.2. The van der Waals surface area contributed by atoms with Crippen molar-refractivity contribution in [1.82, 2.24) is 9.97 Å². The molecule has 3 rings (SSSR count). The molecule has 0 saturated heterocycles. The monoisotopic (exact) mass is 372 g/mol. The number of fused-ring (bicyclic) bond motifs is 1. The summed E-state index contributed by atoms with van der Waals surface area (Å²) in [6, 6.07) is 1.65. The SMILES string of the molecule is O=c1nc2cc(-c3scc(Br)c3Br)nc-2c1=O. The lowest BCUT2D eigenvalue weighted by Gasteiger charge is -1.91. The van der Waals surface area contributed by atoms with Crippen molar-refractivity contribution < 1.29 is 0 Å². The number of halogens is 2. The van der Waals surface area contributed by atoms with Crippen molar-refractivity contribution in [2.75, 3.05) is 0 Å². The van der Waals surface area contributed by atoms with E-state index in [1.165, 1.54) is 11.3 Å². The third-order valence-corrected chi connectivity index (χ3v) is 5.85. The Hall–Kier alpha value is -0.920. The summed E-state index contributed by atoms with van der Waals surface area (Å²) in [5, 5.41) is 1.92. The Labute approximate surface area is 116 Å². The van der Waals surface area contributed by atoms with Crippen LogP contribution < -0.4 is 11.0 Å². The number of aromatic nitrogens is 2. The van der Waals surface area contributed by atoms with E-state index in [4.69, 9.17) is 0 Å². The van der Waals surface area contributed by atoms with Gasteiger partial charge in [0.1, 0.15) is 5.69 Å². The van der Waals surface area contributed by atoms with Crippen molar-refractivity contribution in [1.29, 1.82) is 0 Å². The molecule has 0 spiro atoms. The molecule has 3 heterocycles. The first-order valence-electron chi connectivity index (χ1n) is 4.49. The number of hydrogen-bond acceptors (Lipinski definition) is 5. The molecule has 7 heteroatoms. The molecule has 0 aliphatic carbocycles. The van der Waals surface area contributed by atoms with Crippen LogP contribution in [-0.2, 0) is 0 Å². The van der Waals surface area contributed by atoms with Gasteiger partial charge in [-0.25, -0.2) is 9.97 Å². The molecule has 17 heavy (non-hydrogen) atoms. The van der Waals surface area contributed by atoms with Crippen LogP contribution in [0.5, 0.6) is 0 Å². The van der Waals surface area contributed by atoms with E-state index in [1.54, 1.807) is 6.07 Å². The fourth-order valence-electron chi connectivity index (χ4n) is 1.53. The molecule has 1 aromatic rings. The van der Waals surface area contributed by atoms with Gasteiger partial charge in [-0.05, 0) is 37.9 Å². The number of rotatable bonds is 1. The van der Waals surface area contributed by atoms with Crippen LogP contribution >= 0.6 is 43.2 Å². The number of nitrogens with zero attached hydrogens (tertiary/aromatic N) is 2. The van der Waals surface area contributed by atoms with Crippen LogP contribution in [0.1, 0.15) is 0 Å². The normalized spacial score (nSPS) is 11.4. The molecule has 0 aromatic carbocycles. The van der Waals surface area contributed by atoms with Gasteiger partial charge >= 0.3 is 5.56 Å². The average molecular weight is 374 g/mol. The van der Waals surface area contributed by atoms with Crippen molar-refractivity contribution in [3.8, 4) is 22.0 Å². The molecule has 0 fully saturated rings. The van der Waals surface area contributed by atoms with E-state index in [9.17, 15) is 9.59 Å². The first-order valence-corrected chi connectivity index (χ1v) is 6.95. The summed E-state index contributed by atoms with van der Waals surface area (Å²) < 4.78 is 1.82. The van der Waals surface area contributed by atoms with Gasteiger partial charge < -0.3 is 0 Å². The number of hydrogen-bond donors (Lipinski definition) is 0. The van der Waals surface area contributed by atoms with Gasteiger partial charge in [0.2, 0.25) is 0 Å². The highest BCUT2D eigenvalue weighted by Gasteiger charge is 2.21. The fraction of sp³-hybridized carbons (Fsp3) is 0. The maximum absolute atomic E-state index is 11.4. The van der Waals surface area contributed by atoms with E-state index in [-0.39, 0.29) is 5.69 Å². The molecule has 2 aliphatic rings. The zero-order valence-electron chi connectivity index (χ0n) is 8.03. The fourth-order valence-corrected chi connectivity index (χ4v) is 3.67. The largest absolute Gasteiger partial charge is 0.320 e. The Morgan fingerprint density at radius 2 is 1.88 bits per heavy atom. The minimum absolute atomic E-state index is 0.154. The van der Waals surface area contributed by atoms with Crippen LogP contribution in [0.25, 0.3) is 22.0 Å². The first-order chi connectivity index (χ1) is 8.08. The average Bonchev–Trinajstić information content (AvgIpc) is 2.90. The van der Waals surface area contributed by atoms with Gasteiger partial charge in [-0.3, -0.25) is 9.59 Å². The van der Waals surface area contributed by atoms with Gasteiger partial charge in [0, 0.05) is 9.85 Å². The van der Waals surface area contributed by atoms with E-state index in [2.05, 4.69) is 41.8 Å². The molecule has 0 N–H and O–H groups in total. The van der Waals surface area contributed by atoms with Crippen molar-refractivity contribution in [3.63, 3.8) is 0 Å². The molecular weight excluding hydrogens is 372 g/mol. The van der Waals surface area contributed by atoms with Crippen LogP contribution in [0.2, 0.25) is 0 Å². The standard InChI is InChI=1S/C10H2Br2N2O2S/c11-3-2-17-9(6(3)12)5-1-4-7(13-5)8(15)10(16)14-4/h1-2H. The van der Waals surface area contributed by atoms with Crippen LogP contribution in [0.3, 0.4) is 0 Å².